The van der Waals surface area contributed by atoms with E-state index in [2.05, 4.69) is 36.0 Å². The topological polar surface area (TPSA) is 35.6 Å². The molecule has 4 nitrogen and oxygen atoms in total. The zero-order valence-corrected chi connectivity index (χ0v) is 13.8. The Kier molecular flexibility index (Phi) is 4.55. The fraction of sp³-hybridized carbons (Fsp3) is 0.941. The number of piperazine rings is 1. The summed E-state index contributed by atoms with van der Waals surface area (Å²) >= 11 is 0. The Morgan fingerprint density at radius 3 is 2.29 bits per heavy atom. The number of nitrogens with one attached hydrogen (secondary N) is 1. The van der Waals surface area contributed by atoms with Crippen LogP contribution in [0.5, 0.6) is 0 Å². The van der Waals surface area contributed by atoms with Gasteiger partial charge < -0.3 is 10.2 Å². The lowest BCUT2D eigenvalue weighted by atomic mass is 9.99. The van der Waals surface area contributed by atoms with E-state index < -0.39 is 0 Å². The van der Waals surface area contributed by atoms with Crippen LogP contribution in [-0.4, -0.2) is 61.5 Å². The molecule has 1 aliphatic heterocycles. The Morgan fingerprint density at radius 2 is 1.71 bits per heavy atom. The second-order valence-corrected chi connectivity index (χ2v) is 7.82. The number of likely N-dealkylation sites (N-methyl/N-ethyl adjacent to an activating group) is 1. The summed E-state index contributed by atoms with van der Waals surface area (Å²) in [6, 6.07) is 0.485. The summed E-state index contributed by atoms with van der Waals surface area (Å²) in [6.07, 6.45) is 3.69. The second kappa shape index (κ2) is 6.25. The van der Waals surface area contributed by atoms with Gasteiger partial charge >= 0.3 is 0 Å². The van der Waals surface area contributed by atoms with E-state index in [-0.39, 0.29) is 0 Å². The highest BCUT2D eigenvalue weighted by atomic mass is 16.1. The molecule has 3 unspecified atom stereocenters. The van der Waals surface area contributed by atoms with Crippen molar-refractivity contribution in [3.8, 4) is 0 Å². The minimum atomic E-state index is 0.314. The first-order valence-electron chi connectivity index (χ1n) is 8.75. The number of rotatable bonds is 5. The Bertz CT molecular complexity index is 366. The normalized spacial score (nSPS) is 34.8. The minimum absolute atomic E-state index is 0.314. The summed E-state index contributed by atoms with van der Waals surface area (Å²) in [5, 5.41) is 3.26. The molecule has 3 atom stereocenters. The maximum atomic E-state index is 12.3. The molecule has 1 saturated heterocycles. The van der Waals surface area contributed by atoms with Crippen molar-refractivity contribution < 1.29 is 4.79 Å². The molecule has 0 aromatic heterocycles. The molecular weight excluding hydrogens is 262 g/mol. The minimum Gasteiger partial charge on any atom is -0.354 e. The Balaban J connectivity index is 1.47. The van der Waals surface area contributed by atoms with Gasteiger partial charge in [0, 0.05) is 44.7 Å². The fourth-order valence-electron chi connectivity index (χ4n) is 4.22. The smallest absolute Gasteiger partial charge is 0.223 e. The highest BCUT2D eigenvalue weighted by Crippen LogP contribution is 2.54. The fourth-order valence-corrected chi connectivity index (χ4v) is 4.22. The largest absolute Gasteiger partial charge is 0.354 e. The summed E-state index contributed by atoms with van der Waals surface area (Å²) in [4.78, 5) is 17.3. The third-order valence-corrected chi connectivity index (χ3v) is 5.88. The van der Waals surface area contributed by atoms with Crippen LogP contribution < -0.4 is 5.32 Å². The molecular formula is C17H31N3O. The number of hydrogen-bond acceptors (Lipinski definition) is 3. The molecule has 1 heterocycles. The molecule has 0 aromatic carbocycles. The molecule has 0 radical (unpaired) electrons. The molecule has 1 amide bonds. The summed E-state index contributed by atoms with van der Waals surface area (Å²) in [5.74, 6) is 3.00. The molecule has 0 aromatic rings. The molecule has 0 bridgehead atoms. The van der Waals surface area contributed by atoms with Crippen molar-refractivity contribution in [3.63, 3.8) is 0 Å². The lowest BCUT2D eigenvalue weighted by molar-refractivity contribution is -0.125. The zero-order valence-electron chi connectivity index (χ0n) is 13.8. The van der Waals surface area contributed by atoms with Crippen LogP contribution in [0.25, 0.3) is 0 Å². The monoisotopic (exact) mass is 293 g/mol. The van der Waals surface area contributed by atoms with E-state index in [0.717, 1.165) is 57.4 Å². The summed E-state index contributed by atoms with van der Waals surface area (Å²) in [6.45, 7) is 9.92. The van der Waals surface area contributed by atoms with Crippen LogP contribution in [0.1, 0.15) is 33.1 Å². The average Bonchev–Trinajstić information content (AvgIpc) is 3.06. The maximum absolute atomic E-state index is 12.3. The molecule has 3 fully saturated rings. The number of hydrogen-bond donors (Lipinski definition) is 1. The van der Waals surface area contributed by atoms with E-state index in [1.807, 2.05) is 0 Å². The van der Waals surface area contributed by atoms with Gasteiger partial charge in [0.2, 0.25) is 5.91 Å². The van der Waals surface area contributed by atoms with E-state index in [4.69, 9.17) is 0 Å². The highest BCUT2D eigenvalue weighted by molar-refractivity contribution is 5.79. The van der Waals surface area contributed by atoms with Gasteiger partial charge in [-0.15, -0.1) is 0 Å². The molecule has 3 aliphatic rings. The van der Waals surface area contributed by atoms with Crippen molar-refractivity contribution in [1.29, 1.82) is 0 Å². The van der Waals surface area contributed by atoms with Gasteiger partial charge in [-0.1, -0.05) is 13.8 Å². The number of carbonyl (C=O) groups is 1. The highest BCUT2D eigenvalue weighted by Gasteiger charge is 2.48. The van der Waals surface area contributed by atoms with Gasteiger partial charge in [0.05, 0.1) is 0 Å². The van der Waals surface area contributed by atoms with Gasteiger partial charge in [-0.05, 0) is 44.1 Å². The van der Waals surface area contributed by atoms with E-state index in [1.165, 1.54) is 6.42 Å². The molecule has 4 heteroatoms. The van der Waals surface area contributed by atoms with Gasteiger partial charge in [0.15, 0.2) is 0 Å². The van der Waals surface area contributed by atoms with Gasteiger partial charge in [-0.3, -0.25) is 9.69 Å². The number of fused-ring (bicyclic) bond motifs is 1. The van der Waals surface area contributed by atoms with Crippen LogP contribution in [0, 0.1) is 23.7 Å². The predicted octanol–water partition coefficient (Wildman–Crippen LogP) is 1.42. The van der Waals surface area contributed by atoms with Crippen molar-refractivity contribution in [2.24, 2.45) is 23.7 Å². The Hall–Kier alpha value is -0.610. The molecule has 2 aliphatic carbocycles. The maximum Gasteiger partial charge on any atom is 0.223 e. The van der Waals surface area contributed by atoms with Crippen LogP contribution in [0.2, 0.25) is 0 Å². The van der Waals surface area contributed by atoms with Gasteiger partial charge in [0.25, 0.3) is 0 Å². The quantitative estimate of drug-likeness (QED) is 0.833. The zero-order chi connectivity index (χ0) is 15.0. The Morgan fingerprint density at radius 1 is 1.10 bits per heavy atom. The standard InChI is InChI=1S/C17H31N3O/c1-12(2)16(20-6-4-19(3)5-7-20)11-18-17(21)15-9-13-8-14(13)10-15/h12-16H,4-11H2,1-3H3,(H,18,21). The molecule has 2 saturated carbocycles. The van der Waals surface area contributed by atoms with Crippen LogP contribution >= 0.6 is 0 Å². The number of amides is 1. The lowest BCUT2D eigenvalue weighted by Gasteiger charge is -2.40. The van der Waals surface area contributed by atoms with Crippen molar-refractivity contribution in [2.45, 2.75) is 39.2 Å². The lowest BCUT2D eigenvalue weighted by Crippen LogP contribution is -2.54. The van der Waals surface area contributed by atoms with E-state index in [0.29, 0.717) is 23.8 Å². The van der Waals surface area contributed by atoms with Crippen LogP contribution in [0.3, 0.4) is 0 Å². The molecule has 21 heavy (non-hydrogen) atoms. The number of nitrogens with zero attached hydrogens (tertiary/aromatic N) is 2. The van der Waals surface area contributed by atoms with Crippen LogP contribution in [0.4, 0.5) is 0 Å². The van der Waals surface area contributed by atoms with Crippen molar-refractivity contribution in [1.82, 2.24) is 15.1 Å². The molecule has 3 rings (SSSR count). The molecule has 120 valence electrons. The predicted molar refractivity (Wildman–Crippen MR) is 85.0 cm³/mol. The SMILES string of the molecule is CC(C)C(CNC(=O)C1CC2CC2C1)N1CCN(C)CC1. The van der Waals surface area contributed by atoms with Gasteiger partial charge in [-0.25, -0.2) is 0 Å². The number of carbonyl (C=O) groups excluding carboxylic acids is 1. The summed E-state index contributed by atoms with van der Waals surface area (Å²) < 4.78 is 0. The van der Waals surface area contributed by atoms with Crippen molar-refractivity contribution in [2.75, 3.05) is 39.8 Å². The third kappa shape index (κ3) is 3.59. The van der Waals surface area contributed by atoms with Crippen molar-refractivity contribution in [3.05, 3.63) is 0 Å². The third-order valence-electron chi connectivity index (χ3n) is 5.88. The van der Waals surface area contributed by atoms with Crippen LogP contribution in [-0.2, 0) is 4.79 Å². The molecule has 0 spiro atoms. The van der Waals surface area contributed by atoms with E-state index >= 15 is 0 Å². The first-order chi connectivity index (χ1) is 10.0. The van der Waals surface area contributed by atoms with Gasteiger partial charge in [-0.2, -0.15) is 0 Å². The first-order valence-corrected chi connectivity index (χ1v) is 8.75. The molecule has 1 N–H and O–H groups in total. The van der Waals surface area contributed by atoms with E-state index in [9.17, 15) is 4.79 Å². The Labute approximate surface area is 129 Å². The van der Waals surface area contributed by atoms with E-state index in [1.54, 1.807) is 0 Å². The summed E-state index contributed by atoms with van der Waals surface area (Å²) in [5.41, 5.74) is 0. The van der Waals surface area contributed by atoms with Crippen molar-refractivity contribution >= 4 is 5.91 Å². The summed E-state index contributed by atoms with van der Waals surface area (Å²) in [7, 11) is 2.19. The second-order valence-electron chi connectivity index (χ2n) is 7.82. The van der Waals surface area contributed by atoms with Crippen LogP contribution in [0.15, 0.2) is 0 Å². The van der Waals surface area contributed by atoms with Gasteiger partial charge in [0.1, 0.15) is 0 Å². The first kappa shape index (κ1) is 15.3. The average molecular weight is 293 g/mol.